The Morgan fingerprint density at radius 3 is 2.76 bits per heavy atom. The number of nitrogens with two attached hydrogens (primary N) is 1. The molecule has 2 aromatic rings. The molecule has 0 amide bonds. The quantitative estimate of drug-likeness (QED) is 0.920. The van der Waals surface area contributed by atoms with E-state index < -0.39 is 0 Å². The monoisotopic (exact) mass is 306 g/mol. The lowest BCUT2D eigenvalue weighted by molar-refractivity contribution is 0.175. The topological polar surface area (TPSA) is 29.3 Å². The van der Waals surface area contributed by atoms with Gasteiger partial charge in [-0.25, -0.2) is 4.39 Å². The molecule has 1 fully saturated rings. The Morgan fingerprint density at radius 2 is 2.10 bits per heavy atom. The standard InChI is InChI=1S/C17H23FN2S/c1-2-12-6-8-20(9-7-12)11-13-16(10-19)21-15-5-3-4-14(18)17(13)15/h3-5,12H,2,6-11,19H2,1H3. The molecule has 0 saturated carbocycles. The van der Waals surface area contributed by atoms with Crippen LogP contribution >= 0.6 is 11.3 Å². The van der Waals surface area contributed by atoms with Crippen molar-refractivity contribution in [2.75, 3.05) is 13.1 Å². The molecule has 1 saturated heterocycles. The summed E-state index contributed by atoms with van der Waals surface area (Å²) in [5, 5.41) is 0.792. The lowest BCUT2D eigenvalue weighted by Crippen LogP contribution is -2.33. The van der Waals surface area contributed by atoms with Crippen molar-refractivity contribution in [3.63, 3.8) is 0 Å². The Kier molecular flexibility index (Phi) is 4.57. The SMILES string of the molecule is CCC1CCN(Cc2c(CN)sc3cccc(F)c23)CC1. The van der Waals surface area contributed by atoms with E-state index in [2.05, 4.69) is 11.8 Å². The highest BCUT2D eigenvalue weighted by Gasteiger charge is 2.21. The first-order valence-corrected chi connectivity index (χ1v) is 8.65. The fraction of sp³-hybridized carbons (Fsp3) is 0.529. The number of hydrogen-bond acceptors (Lipinski definition) is 3. The minimum atomic E-state index is -0.109. The summed E-state index contributed by atoms with van der Waals surface area (Å²) in [6.07, 6.45) is 3.80. The van der Waals surface area contributed by atoms with E-state index in [1.807, 2.05) is 6.07 Å². The van der Waals surface area contributed by atoms with Gasteiger partial charge in [-0.3, -0.25) is 4.90 Å². The van der Waals surface area contributed by atoms with Crippen LogP contribution in [0.15, 0.2) is 18.2 Å². The van der Waals surface area contributed by atoms with Gasteiger partial charge in [0.25, 0.3) is 0 Å². The van der Waals surface area contributed by atoms with Crippen LogP contribution in [0.1, 0.15) is 36.6 Å². The van der Waals surface area contributed by atoms with Crippen LogP contribution in [0.3, 0.4) is 0 Å². The number of likely N-dealkylation sites (tertiary alicyclic amines) is 1. The van der Waals surface area contributed by atoms with Crippen molar-refractivity contribution < 1.29 is 4.39 Å². The summed E-state index contributed by atoms with van der Waals surface area (Å²) < 4.78 is 15.2. The molecule has 4 heteroatoms. The number of hydrogen-bond donors (Lipinski definition) is 1. The summed E-state index contributed by atoms with van der Waals surface area (Å²) in [4.78, 5) is 3.59. The molecule has 2 N–H and O–H groups in total. The van der Waals surface area contributed by atoms with Gasteiger partial charge in [-0.15, -0.1) is 11.3 Å². The number of fused-ring (bicyclic) bond motifs is 1. The molecule has 1 aliphatic rings. The van der Waals surface area contributed by atoms with Gasteiger partial charge in [0.2, 0.25) is 0 Å². The van der Waals surface area contributed by atoms with Crippen molar-refractivity contribution in [3.8, 4) is 0 Å². The predicted octanol–water partition coefficient (Wildman–Crippen LogP) is 4.12. The summed E-state index contributed by atoms with van der Waals surface area (Å²) in [5.41, 5.74) is 7.00. The molecular weight excluding hydrogens is 283 g/mol. The first-order valence-electron chi connectivity index (χ1n) is 7.84. The predicted molar refractivity (Wildman–Crippen MR) is 88.0 cm³/mol. The summed E-state index contributed by atoms with van der Waals surface area (Å²) in [6.45, 7) is 5.85. The Labute approximate surface area is 129 Å². The summed E-state index contributed by atoms with van der Waals surface area (Å²) >= 11 is 1.64. The van der Waals surface area contributed by atoms with Gasteiger partial charge in [0.1, 0.15) is 5.82 Å². The van der Waals surface area contributed by atoms with E-state index in [1.165, 1.54) is 19.3 Å². The van der Waals surface area contributed by atoms with Crippen LogP contribution in [-0.4, -0.2) is 18.0 Å². The Balaban J connectivity index is 1.86. The van der Waals surface area contributed by atoms with E-state index >= 15 is 0 Å². The molecular formula is C17H23FN2S. The fourth-order valence-electron chi connectivity index (χ4n) is 3.32. The molecule has 1 aromatic heterocycles. The van der Waals surface area contributed by atoms with Gasteiger partial charge < -0.3 is 5.73 Å². The van der Waals surface area contributed by atoms with E-state index in [0.717, 1.165) is 46.1 Å². The lowest BCUT2D eigenvalue weighted by atomic mass is 9.94. The van der Waals surface area contributed by atoms with Crippen LogP contribution in [0.25, 0.3) is 10.1 Å². The molecule has 1 aromatic carbocycles. The molecule has 1 aliphatic heterocycles. The second kappa shape index (κ2) is 6.42. The maximum absolute atomic E-state index is 14.2. The Morgan fingerprint density at radius 1 is 1.33 bits per heavy atom. The molecule has 3 rings (SSSR count). The second-order valence-electron chi connectivity index (χ2n) is 5.95. The lowest BCUT2D eigenvalue weighted by Gasteiger charge is -2.31. The van der Waals surface area contributed by atoms with Crippen LogP contribution in [0.5, 0.6) is 0 Å². The van der Waals surface area contributed by atoms with Crippen molar-refractivity contribution in [1.82, 2.24) is 4.90 Å². The summed E-state index contributed by atoms with van der Waals surface area (Å²) in [6, 6.07) is 5.34. The molecule has 2 nitrogen and oxygen atoms in total. The first kappa shape index (κ1) is 14.9. The zero-order valence-corrected chi connectivity index (χ0v) is 13.4. The minimum Gasteiger partial charge on any atom is -0.326 e. The highest BCUT2D eigenvalue weighted by atomic mass is 32.1. The zero-order chi connectivity index (χ0) is 14.8. The van der Waals surface area contributed by atoms with Crippen molar-refractivity contribution in [3.05, 3.63) is 34.5 Å². The summed E-state index contributed by atoms with van der Waals surface area (Å²) in [7, 11) is 0. The number of halogens is 1. The van der Waals surface area contributed by atoms with E-state index in [0.29, 0.717) is 6.54 Å². The third-order valence-corrected chi connectivity index (χ3v) is 5.92. The number of thiophene rings is 1. The smallest absolute Gasteiger partial charge is 0.132 e. The molecule has 0 atom stereocenters. The van der Waals surface area contributed by atoms with Crippen molar-refractivity contribution >= 4 is 21.4 Å². The second-order valence-corrected chi connectivity index (χ2v) is 7.09. The van der Waals surface area contributed by atoms with Gasteiger partial charge in [-0.2, -0.15) is 0 Å². The molecule has 0 bridgehead atoms. The van der Waals surface area contributed by atoms with E-state index in [9.17, 15) is 4.39 Å². The first-order chi connectivity index (χ1) is 10.2. The van der Waals surface area contributed by atoms with Gasteiger partial charge in [0, 0.05) is 28.1 Å². The molecule has 0 radical (unpaired) electrons. The van der Waals surface area contributed by atoms with Gasteiger partial charge in [-0.1, -0.05) is 19.4 Å². The normalized spacial score (nSPS) is 17.7. The average Bonchev–Trinajstić information content (AvgIpc) is 2.87. The molecule has 0 spiro atoms. The largest absolute Gasteiger partial charge is 0.326 e. The van der Waals surface area contributed by atoms with Gasteiger partial charge >= 0.3 is 0 Å². The zero-order valence-electron chi connectivity index (χ0n) is 12.6. The van der Waals surface area contributed by atoms with Crippen LogP contribution in [0, 0.1) is 11.7 Å². The molecule has 0 unspecified atom stereocenters. The molecule has 114 valence electrons. The van der Waals surface area contributed by atoms with Crippen LogP contribution < -0.4 is 5.73 Å². The number of nitrogens with zero attached hydrogens (tertiary/aromatic N) is 1. The maximum atomic E-state index is 14.2. The fourth-order valence-corrected chi connectivity index (χ4v) is 4.43. The van der Waals surface area contributed by atoms with Crippen LogP contribution in [-0.2, 0) is 13.1 Å². The number of rotatable bonds is 4. The van der Waals surface area contributed by atoms with E-state index in [-0.39, 0.29) is 5.82 Å². The third-order valence-electron chi connectivity index (χ3n) is 4.70. The highest BCUT2D eigenvalue weighted by Crippen LogP contribution is 2.34. The van der Waals surface area contributed by atoms with Crippen LogP contribution in [0.4, 0.5) is 4.39 Å². The Bertz CT molecular complexity index is 615. The van der Waals surface area contributed by atoms with E-state index in [4.69, 9.17) is 5.73 Å². The molecule has 0 aliphatic carbocycles. The van der Waals surface area contributed by atoms with E-state index in [1.54, 1.807) is 23.5 Å². The van der Waals surface area contributed by atoms with Crippen molar-refractivity contribution in [2.24, 2.45) is 11.7 Å². The Hall–Kier alpha value is -0.970. The minimum absolute atomic E-state index is 0.109. The van der Waals surface area contributed by atoms with Gasteiger partial charge in [-0.05, 0) is 49.5 Å². The molecule has 2 heterocycles. The summed E-state index contributed by atoms with van der Waals surface area (Å²) in [5.74, 6) is 0.757. The third kappa shape index (κ3) is 2.98. The van der Waals surface area contributed by atoms with Gasteiger partial charge in [0.05, 0.1) is 0 Å². The van der Waals surface area contributed by atoms with Crippen molar-refractivity contribution in [2.45, 2.75) is 39.3 Å². The maximum Gasteiger partial charge on any atom is 0.132 e. The van der Waals surface area contributed by atoms with Gasteiger partial charge in [0.15, 0.2) is 0 Å². The van der Waals surface area contributed by atoms with Crippen LogP contribution in [0.2, 0.25) is 0 Å². The average molecular weight is 306 g/mol. The number of benzene rings is 1. The molecule has 21 heavy (non-hydrogen) atoms. The number of piperidine rings is 1. The van der Waals surface area contributed by atoms with Crippen molar-refractivity contribution in [1.29, 1.82) is 0 Å². The highest BCUT2D eigenvalue weighted by molar-refractivity contribution is 7.19.